The van der Waals surface area contributed by atoms with E-state index in [0.29, 0.717) is 33.5 Å². The summed E-state index contributed by atoms with van der Waals surface area (Å²) in [4.78, 5) is 19.9. The number of halogens is 1. The van der Waals surface area contributed by atoms with Gasteiger partial charge in [0, 0.05) is 47.0 Å². The summed E-state index contributed by atoms with van der Waals surface area (Å²) in [7, 11) is -0.883. The molecular formula is C24H22BrN3O5S. The lowest BCUT2D eigenvalue weighted by molar-refractivity contribution is 0.355. The minimum atomic E-state index is -3.92. The average Bonchev–Trinajstić information content (AvgIpc) is 2.84. The van der Waals surface area contributed by atoms with Crippen molar-refractivity contribution in [2.45, 2.75) is 18.0 Å². The minimum Gasteiger partial charge on any atom is -0.493 e. The van der Waals surface area contributed by atoms with E-state index in [1.807, 2.05) is 0 Å². The van der Waals surface area contributed by atoms with Crippen molar-refractivity contribution in [1.29, 1.82) is 0 Å². The topological polar surface area (TPSA) is 102 Å². The van der Waals surface area contributed by atoms with Gasteiger partial charge in [-0.1, -0.05) is 22.0 Å². The molecule has 0 amide bonds. The number of ether oxygens (including phenoxy) is 2. The Morgan fingerprint density at radius 3 is 2.35 bits per heavy atom. The van der Waals surface area contributed by atoms with Gasteiger partial charge in [-0.15, -0.1) is 0 Å². The maximum atomic E-state index is 13.6. The van der Waals surface area contributed by atoms with Crippen LogP contribution in [0.1, 0.15) is 11.1 Å². The zero-order valence-corrected chi connectivity index (χ0v) is 20.9. The number of hydrogen-bond donors (Lipinski definition) is 1. The molecular weight excluding hydrogens is 522 g/mol. The van der Waals surface area contributed by atoms with Crippen molar-refractivity contribution in [1.82, 2.24) is 14.3 Å². The zero-order chi connectivity index (χ0) is 24.3. The van der Waals surface area contributed by atoms with E-state index in [0.717, 1.165) is 4.47 Å². The van der Waals surface area contributed by atoms with Gasteiger partial charge >= 0.3 is 0 Å². The van der Waals surface area contributed by atoms with Crippen molar-refractivity contribution in [2.75, 3.05) is 14.2 Å². The van der Waals surface area contributed by atoms with Crippen LogP contribution in [0.3, 0.4) is 0 Å². The summed E-state index contributed by atoms with van der Waals surface area (Å²) in [5.41, 5.74) is 1.17. The number of nitrogens with zero attached hydrogens (tertiary/aromatic N) is 2. The minimum absolute atomic E-state index is 0.0512. The van der Waals surface area contributed by atoms with Crippen LogP contribution in [0, 0.1) is 0 Å². The fourth-order valence-electron chi connectivity index (χ4n) is 3.56. The number of aromatic nitrogens is 2. The van der Waals surface area contributed by atoms with Crippen LogP contribution < -0.4 is 15.0 Å². The van der Waals surface area contributed by atoms with Crippen LogP contribution in [0.25, 0.3) is 10.9 Å². The van der Waals surface area contributed by atoms with Crippen molar-refractivity contribution < 1.29 is 17.9 Å². The second kappa shape index (κ2) is 9.96. The molecule has 0 saturated heterocycles. The summed E-state index contributed by atoms with van der Waals surface area (Å²) in [5.74, 6) is 0.983. The van der Waals surface area contributed by atoms with Crippen molar-refractivity contribution in [2.24, 2.45) is 0 Å². The predicted octanol–water partition coefficient (Wildman–Crippen LogP) is 4.09. The van der Waals surface area contributed by atoms with E-state index < -0.39 is 10.0 Å². The van der Waals surface area contributed by atoms with E-state index >= 15 is 0 Å². The number of nitrogens with one attached hydrogen (secondary N) is 1. The maximum absolute atomic E-state index is 13.6. The van der Waals surface area contributed by atoms with Gasteiger partial charge in [0.2, 0.25) is 10.0 Å². The predicted molar refractivity (Wildman–Crippen MR) is 132 cm³/mol. The number of H-pyrrole nitrogens is 1. The van der Waals surface area contributed by atoms with E-state index in [9.17, 15) is 13.2 Å². The van der Waals surface area contributed by atoms with Gasteiger partial charge in [-0.3, -0.25) is 9.78 Å². The molecule has 4 rings (SSSR count). The molecule has 2 heterocycles. The van der Waals surface area contributed by atoms with E-state index in [4.69, 9.17) is 9.47 Å². The van der Waals surface area contributed by atoms with Crippen LogP contribution in [-0.2, 0) is 23.1 Å². The van der Waals surface area contributed by atoms with E-state index in [1.165, 1.54) is 30.7 Å². The third-order valence-electron chi connectivity index (χ3n) is 5.31. The Hall–Kier alpha value is -3.21. The molecule has 176 valence electrons. The molecule has 0 saturated carbocycles. The summed E-state index contributed by atoms with van der Waals surface area (Å²) in [5, 5.41) is 0.689. The molecule has 0 radical (unpaired) electrons. The van der Waals surface area contributed by atoms with Crippen LogP contribution in [0.15, 0.2) is 81.2 Å². The van der Waals surface area contributed by atoms with Crippen molar-refractivity contribution in [3.05, 3.63) is 92.9 Å². The quantitative estimate of drug-likeness (QED) is 0.359. The standard InChI is InChI=1S/C24H22BrN3O5S/c1-32-22-11-17-10-18(24(29)27-21(17)12-23(22)33-2)15-28(14-16-4-3-9-26-13-16)34(30,31)20-7-5-19(25)6-8-20/h3-13H,14-15H2,1-2H3,(H,27,29). The molecule has 0 aliphatic rings. The van der Waals surface area contributed by atoms with Crippen molar-refractivity contribution in [3.63, 3.8) is 0 Å². The lowest BCUT2D eigenvalue weighted by Crippen LogP contribution is -2.32. The van der Waals surface area contributed by atoms with Gasteiger partial charge in [-0.2, -0.15) is 4.31 Å². The normalized spacial score (nSPS) is 11.6. The Morgan fingerprint density at radius 1 is 1.00 bits per heavy atom. The lowest BCUT2D eigenvalue weighted by atomic mass is 10.1. The molecule has 0 atom stereocenters. The monoisotopic (exact) mass is 543 g/mol. The van der Waals surface area contributed by atoms with E-state index in [1.54, 1.807) is 54.9 Å². The Kier molecular flexibility index (Phi) is 7.01. The average molecular weight is 544 g/mol. The molecule has 0 aliphatic carbocycles. The summed E-state index contributed by atoms with van der Waals surface area (Å²) in [6.45, 7) is -0.0808. The first kappa shape index (κ1) is 23.9. The van der Waals surface area contributed by atoms with Crippen LogP contribution in [0.2, 0.25) is 0 Å². The highest BCUT2D eigenvalue weighted by molar-refractivity contribution is 9.10. The first-order valence-electron chi connectivity index (χ1n) is 10.2. The largest absolute Gasteiger partial charge is 0.493 e. The molecule has 0 fully saturated rings. The highest BCUT2D eigenvalue weighted by atomic mass is 79.9. The van der Waals surface area contributed by atoms with Gasteiger partial charge in [0.25, 0.3) is 5.56 Å². The zero-order valence-electron chi connectivity index (χ0n) is 18.5. The van der Waals surface area contributed by atoms with Crippen LogP contribution >= 0.6 is 15.9 Å². The second-order valence-electron chi connectivity index (χ2n) is 7.51. The second-order valence-corrected chi connectivity index (χ2v) is 10.4. The fraction of sp³-hybridized carbons (Fsp3) is 0.167. The molecule has 0 unspecified atom stereocenters. The fourth-order valence-corrected chi connectivity index (χ4v) is 5.23. The number of hydrogen-bond acceptors (Lipinski definition) is 6. The number of pyridine rings is 2. The Morgan fingerprint density at radius 2 is 1.71 bits per heavy atom. The molecule has 8 nitrogen and oxygen atoms in total. The number of methoxy groups -OCH3 is 2. The van der Waals surface area contributed by atoms with Crippen LogP contribution in [0.5, 0.6) is 11.5 Å². The summed E-state index contributed by atoms with van der Waals surface area (Å²) in [6.07, 6.45) is 3.22. The Bertz CT molecular complexity index is 1470. The number of fused-ring (bicyclic) bond motifs is 1. The lowest BCUT2D eigenvalue weighted by Gasteiger charge is -2.22. The third-order valence-corrected chi connectivity index (χ3v) is 7.64. The molecule has 0 spiro atoms. The van der Waals surface area contributed by atoms with E-state index in [2.05, 4.69) is 25.9 Å². The van der Waals surface area contributed by atoms with Gasteiger partial charge < -0.3 is 14.5 Å². The molecule has 10 heteroatoms. The Labute approximate surface area is 205 Å². The first-order valence-corrected chi connectivity index (χ1v) is 12.5. The van der Waals surface area contributed by atoms with Crippen LogP contribution in [-0.4, -0.2) is 36.9 Å². The number of aromatic amines is 1. The van der Waals surface area contributed by atoms with Crippen molar-refractivity contribution >= 4 is 36.9 Å². The summed E-state index contributed by atoms with van der Waals surface area (Å²) < 4.78 is 39.8. The Balaban J connectivity index is 1.78. The highest BCUT2D eigenvalue weighted by Gasteiger charge is 2.26. The van der Waals surface area contributed by atoms with Gasteiger partial charge in [0.1, 0.15) is 0 Å². The molecule has 0 aliphatic heterocycles. The van der Waals surface area contributed by atoms with Crippen molar-refractivity contribution in [3.8, 4) is 11.5 Å². The maximum Gasteiger partial charge on any atom is 0.252 e. The summed E-state index contributed by atoms with van der Waals surface area (Å²) >= 11 is 3.33. The van der Waals surface area contributed by atoms with E-state index in [-0.39, 0.29) is 23.5 Å². The van der Waals surface area contributed by atoms with Crippen LogP contribution in [0.4, 0.5) is 0 Å². The summed E-state index contributed by atoms with van der Waals surface area (Å²) in [6, 6.07) is 15.0. The van der Waals surface area contributed by atoms with Gasteiger partial charge in [-0.25, -0.2) is 8.42 Å². The molecule has 2 aromatic carbocycles. The highest BCUT2D eigenvalue weighted by Crippen LogP contribution is 2.31. The molecule has 4 aromatic rings. The number of sulfonamides is 1. The third kappa shape index (κ3) is 4.98. The molecule has 2 aromatic heterocycles. The first-order chi connectivity index (χ1) is 16.3. The molecule has 34 heavy (non-hydrogen) atoms. The molecule has 0 bridgehead atoms. The van der Waals surface area contributed by atoms with Gasteiger partial charge in [0.15, 0.2) is 11.5 Å². The van der Waals surface area contributed by atoms with Gasteiger partial charge in [0.05, 0.1) is 24.6 Å². The number of benzene rings is 2. The SMILES string of the molecule is COc1cc2cc(CN(Cc3cccnc3)S(=O)(=O)c3ccc(Br)cc3)c(=O)[nH]c2cc1OC. The van der Waals surface area contributed by atoms with Gasteiger partial charge in [-0.05, 0) is 48.0 Å². The smallest absolute Gasteiger partial charge is 0.252 e. The number of rotatable bonds is 8. The molecule has 1 N–H and O–H groups in total.